The summed E-state index contributed by atoms with van der Waals surface area (Å²) in [5.41, 5.74) is -0.454. The summed E-state index contributed by atoms with van der Waals surface area (Å²) in [6.07, 6.45) is 4.68. The van der Waals surface area contributed by atoms with Gasteiger partial charge in [0.15, 0.2) is 0 Å². The highest BCUT2D eigenvalue weighted by molar-refractivity contribution is 7.86. The van der Waals surface area contributed by atoms with Gasteiger partial charge in [0.25, 0.3) is 10.2 Å². The Kier molecular flexibility index (Phi) is 4.31. The molecular weight excluding hydrogens is 292 g/mol. The molecule has 0 aromatic rings. The fourth-order valence-electron chi connectivity index (χ4n) is 3.98. The average Bonchev–Trinajstić information content (AvgIpc) is 2.77. The molecule has 122 valence electrons. The Labute approximate surface area is 126 Å². The molecule has 1 saturated carbocycles. The Morgan fingerprint density at radius 3 is 1.76 bits per heavy atom. The second-order valence-corrected chi connectivity index (χ2v) is 8.65. The Hall–Kier alpha value is -0.210. The molecular formula is C14H26N2O4S. The van der Waals surface area contributed by atoms with E-state index in [4.69, 9.17) is 0 Å². The van der Waals surface area contributed by atoms with Crippen LogP contribution in [0.25, 0.3) is 0 Å². The highest BCUT2D eigenvalue weighted by Gasteiger charge is 2.55. The van der Waals surface area contributed by atoms with Crippen LogP contribution in [0.4, 0.5) is 0 Å². The maximum atomic E-state index is 12.7. The first-order chi connectivity index (χ1) is 9.97. The molecule has 2 N–H and O–H groups in total. The summed E-state index contributed by atoms with van der Waals surface area (Å²) in [6, 6.07) is 0. The fraction of sp³-hybridized carbons (Fsp3) is 1.00. The van der Waals surface area contributed by atoms with Gasteiger partial charge in [-0.2, -0.15) is 17.0 Å². The van der Waals surface area contributed by atoms with Gasteiger partial charge in [0.2, 0.25) is 0 Å². The molecule has 3 rings (SSSR count). The third kappa shape index (κ3) is 2.63. The smallest absolute Gasteiger partial charge is 0.281 e. The van der Waals surface area contributed by atoms with Gasteiger partial charge in [-0.15, -0.1) is 0 Å². The first-order valence-electron chi connectivity index (χ1n) is 8.08. The Balaban J connectivity index is 1.65. The van der Waals surface area contributed by atoms with Crippen molar-refractivity contribution in [3.63, 3.8) is 0 Å². The summed E-state index contributed by atoms with van der Waals surface area (Å²) in [7, 11) is -3.37. The van der Waals surface area contributed by atoms with Crippen LogP contribution < -0.4 is 0 Å². The quantitative estimate of drug-likeness (QED) is 0.768. The number of aliphatic hydroxyl groups excluding tert-OH is 2. The van der Waals surface area contributed by atoms with E-state index in [9.17, 15) is 18.6 Å². The number of hydrogen-bond acceptors (Lipinski definition) is 4. The third-order valence-electron chi connectivity index (χ3n) is 5.64. The van der Waals surface area contributed by atoms with Gasteiger partial charge in [0.1, 0.15) is 0 Å². The maximum Gasteiger partial charge on any atom is 0.281 e. The topological polar surface area (TPSA) is 81.1 Å². The van der Waals surface area contributed by atoms with E-state index in [2.05, 4.69) is 0 Å². The largest absolute Gasteiger partial charge is 0.392 e. The summed E-state index contributed by atoms with van der Waals surface area (Å²) in [4.78, 5) is 0. The van der Waals surface area contributed by atoms with Crippen LogP contribution in [0.15, 0.2) is 0 Å². The molecule has 7 heteroatoms. The van der Waals surface area contributed by atoms with Crippen LogP contribution in [0, 0.1) is 5.41 Å². The zero-order valence-electron chi connectivity index (χ0n) is 12.4. The number of nitrogens with zero attached hydrogens (tertiary/aromatic N) is 2. The van der Waals surface area contributed by atoms with E-state index in [1.807, 2.05) is 0 Å². The van der Waals surface area contributed by atoms with Crippen molar-refractivity contribution in [2.45, 2.75) is 57.2 Å². The normalized spacial score (nSPS) is 35.3. The fourth-order valence-corrected chi connectivity index (χ4v) is 5.67. The van der Waals surface area contributed by atoms with E-state index < -0.39 is 27.8 Å². The van der Waals surface area contributed by atoms with E-state index in [-0.39, 0.29) is 0 Å². The van der Waals surface area contributed by atoms with Crippen molar-refractivity contribution in [2.75, 3.05) is 26.2 Å². The Morgan fingerprint density at radius 1 is 0.810 bits per heavy atom. The van der Waals surface area contributed by atoms with Crippen LogP contribution in [-0.4, -0.2) is 65.6 Å². The van der Waals surface area contributed by atoms with Gasteiger partial charge in [-0.3, -0.25) is 0 Å². The molecule has 0 unspecified atom stereocenters. The number of rotatable bonds is 2. The summed E-state index contributed by atoms with van der Waals surface area (Å²) >= 11 is 0. The van der Waals surface area contributed by atoms with Crippen molar-refractivity contribution in [3.05, 3.63) is 0 Å². The molecule has 0 bridgehead atoms. The van der Waals surface area contributed by atoms with Crippen LogP contribution >= 0.6 is 0 Å². The Morgan fingerprint density at radius 2 is 1.29 bits per heavy atom. The second-order valence-electron chi connectivity index (χ2n) is 6.72. The Bertz CT molecular complexity index is 455. The standard InChI is InChI=1S/C14H26N2O4S/c17-12-11-13(18)14(12)5-9-16(10-6-14)21(19,20)15-7-3-1-2-4-8-15/h12-13,17-18H,1-11H2/t12-,13+. The first-order valence-corrected chi connectivity index (χ1v) is 9.48. The lowest BCUT2D eigenvalue weighted by Gasteiger charge is -2.54. The molecule has 2 heterocycles. The van der Waals surface area contributed by atoms with E-state index >= 15 is 0 Å². The van der Waals surface area contributed by atoms with Gasteiger partial charge < -0.3 is 10.2 Å². The molecule has 0 radical (unpaired) electrons. The lowest BCUT2D eigenvalue weighted by molar-refractivity contribution is -0.185. The molecule has 0 aromatic heterocycles. The third-order valence-corrected chi connectivity index (χ3v) is 7.68. The number of aliphatic hydroxyl groups is 2. The minimum Gasteiger partial charge on any atom is -0.392 e. The highest BCUT2D eigenvalue weighted by Crippen LogP contribution is 2.49. The summed E-state index contributed by atoms with van der Waals surface area (Å²) in [5.74, 6) is 0. The molecule has 0 amide bonds. The molecule has 0 aromatic carbocycles. The summed E-state index contributed by atoms with van der Waals surface area (Å²) in [6.45, 7) is 2.06. The van der Waals surface area contributed by atoms with Crippen molar-refractivity contribution in [3.8, 4) is 0 Å². The zero-order chi connectivity index (χ0) is 15.1. The van der Waals surface area contributed by atoms with Gasteiger partial charge in [-0.25, -0.2) is 0 Å². The molecule has 2 aliphatic heterocycles. The van der Waals surface area contributed by atoms with E-state index in [0.717, 1.165) is 25.7 Å². The zero-order valence-corrected chi connectivity index (χ0v) is 13.3. The predicted octanol–water partition coefficient (Wildman–Crippen LogP) is 0.315. The first kappa shape index (κ1) is 15.7. The summed E-state index contributed by atoms with van der Waals surface area (Å²) in [5, 5.41) is 19.9. The van der Waals surface area contributed by atoms with Crippen LogP contribution in [-0.2, 0) is 10.2 Å². The van der Waals surface area contributed by atoms with Crippen LogP contribution in [0.1, 0.15) is 44.9 Å². The molecule has 3 fully saturated rings. The molecule has 2 atom stereocenters. The van der Waals surface area contributed by atoms with Gasteiger partial charge in [0, 0.05) is 38.0 Å². The molecule has 2 saturated heterocycles. The van der Waals surface area contributed by atoms with E-state index in [1.54, 1.807) is 8.61 Å². The van der Waals surface area contributed by atoms with Gasteiger partial charge in [-0.1, -0.05) is 12.8 Å². The van der Waals surface area contributed by atoms with Crippen LogP contribution in [0.3, 0.4) is 0 Å². The molecule has 6 nitrogen and oxygen atoms in total. The molecule has 1 spiro atoms. The van der Waals surface area contributed by atoms with Crippen molar-refractivity contribution in [1.82, 2.24) is 8.61 Å². The minimum absolute atomic E-state index is 0.410. The molecule has 1 aliphatic carbocycles. The highest BCUT2D eigenvalue weighted by atomic mass is 32.2. The maximum absolute atomic E-state index is 12.7. The van der Waals surface area contributed by atoms with Crippen molar-refractivity contribution in [1.29, 1.82) is 0 Å². The van der Waals surface area contributed by atoms with Gasteiger partial charge in [0.05, 0.1) is 12.2 Å². The predicted molar refractivity (Wildman–Crippen MR) is 78.8 cm³/mol. The number of hydrogen-bond donors (Lipinski definition) is 2. The van der Waals surface area contributed by atoms with Crippen LogP contribution in [0.5, 0.6) is 0 Å². The monoisotopic (exact) mass is 318 g/mol. The lowest BCUT2D eigenvalue weighted by Crippen LogP contribution is -2.62. The van der Waals surface area contributed by atoms with Gasteiger partial charge >= 0.3 is 0 Å². The summed E-state index contributed by atoms with van der Waals surface area (Å²) < 4.78 is 28.6. The van der Waals surface area contributed by atoms with Crippen molar-refractivity contribution >= 4 is 10.2 Å². The lowest BCUT2D eigenvalue weighted by atomic mass is 9.59. The SMILES string of the molecule is O=S(=O)(N1CCCCCC1)N1CCC2(CC1)[C@H](O)C[C@@H]2O. The van der Waals surface area contributed by atoms with E-state index in [1.165, 1.54) is 0 Å². The molecule has 3 aliphatic rings. The van der Waals surface area contributed by atoms with Gasteiger partial charge in [-0.05, 0) is 25.7 Å². The second kappa shape index (κ2) is 5.77. The minimum atomic E-state index is -3.37. The average molecular weight is 318 g/mol. The van der Waals surface area contributed by atoms with E-state index in [0.29, 0.717) is 45.4 Å². The van der Waals surface area contributed by atoms with Crippen molar-refractivity contribution in [2.24, 2.45) is 5.41 Å². The van der Waals surface area contributed by atoms with Crippen molar-refractivity contribution < 1.29 is 18.6 Å². The number of piperidine rings is 1. The van der Waals surface area contributed by atoms with Crippen LogP contribution in [0.2, 0.25) is 0 Å². The molecule has 21 heavy (non-hydrogen) atoms.